The second-order valence-corrected chi connectivity index (χ2v) is 14.4. The number of amides is 1. The van der Waals surface area contributed by atoms with Crippen LogP contribution in [0.1, 0.15) is 92.7 Å². The lowest BCUT2D eigenvalue weighted by Gasteiger charge is -2.49. The lowest BCUT2D eigenvalue weighted by molar-refractivity contribution is -0.193. The van der Waals surface area contributed by atoms with Gasteiger partial charge in [0.25, 0.3) is 0 Å². The maximum atomic E-state index is 14.7. The number of fused-ring (bicyclic) bond motifs is 2. The van der Waals surface area contributed by atoms with Crippen LogP contribution in [0, 0.1) is 16.7 Å². The molecule has 0 radical (unpaired) electrons. The van der Waals surface area contributed by atoms with Gasteiger partial charge in [0, 0.05) is 6.54 Å². The molecule has 0 heterocycles. The summed E-state index contributed by atoms with van der Waals surface area (Å²) < 4.78 is 12.3. The number of carbonyl (C=O) groups is 2. The number of carbonyl (C=O) groups excluding carboxylic acids is 2. The van der Waals surface area contributed by atoms with E-state index >= 15 is 0 Å². The van der Waals surface area contributed by atoms with Crippen LogP contribution in [0.15, 0.2) is 60.7 Å². The fourth-order valence-corrected chi connectivity index (χ4v) is 7.44. The maximum Gasteiger partial charge on any atom is 0.410 e. The van der Waals surface area contributed by atoms with Crippen molar-refractivity contribution in [1.29, 1.82) is 0 Å². The zero-order chi connectivity index (χ0) is 30.5. The second-order valence-electron chi connectivity index (χ2n) is 14.4. The highest BCUT2D eigenvalue weighted by Crippen LogP contribution is 2.77. The Morgan fingerprint density at radius 3 is 2.02 bits per heavy atom. The van der Waals surface area contributed by atoms with Crippen LogP contribution in [0.25, 0.3) is 0 Å². The molecule has 0 unspecified atom stereocenters. The molecule has 3 atom stereocenters. The van der Waals surface area contributed by atoms with Gasteiger partial charge in [-0.15, -0.1) is 0 Å². The Bertz CT molecular complexity index is 1250. The SMILES string of the molecule is CC(C)CN(C(=O)OCc1ccccc1)[C@@]12CC[C@](C)(C1(C)C)[C@](C(=O)OC(C)(C)C(C)(C)O)(c1ccccc1)C2. The molecule has 6 nitrogen and oxygen atoms in total. The molecule has 224 valence electrons. The van der Waals surface area contributed by atoms with Gasteiger partial charge in [0.05, 0.1) is 11.1 Å². The number of hydrogen-bond donors (Lipinski definition) is 1. The summed E-state index contributed by atoms with van der Waals surface area (Å²) in [6.45, 7) is 18.4. The van der Waals surface area contributed by atoms with Crippen molar-refractivity contribution >= 4 is 12.1 Å². The fraction of sp³-hybridized carbons (Fsp3) is 0.600. The molecule has 6 heteroatoms. The van der Waals surface area contributed by atoms with Gasteiger partial charge in [-0.05, 0) is 74.8 Å². The Morgan fingerprint density at radius 2 is 1.49 bits per heavy atom. The van der Waals surface area contributed by atoms with E-state index in [4.69, 9.17) is 9.47 Å². The Balaban J connectivity index is 1.84. The van der Waals surface area contributed by atoms with Crippen molar-refractivity contribution in [2.45, 2.75) is 110 Å². The van der Waals surface area contributed by atoms with Gasteiger partial charge >= 0.3 is 12.1 Å². The predicted octanol–water partition coefficient (Wildman–Crippen LogP) is 7.28. The molecule has 4 rings (SSSR count). The van der Waals surface area contributed by atoms with Crippen molar-refractivity contribution in [2.75, 3.05) is 6.54 Å². The molecule has 0 saturated heterocycles. The van der Waals surface area contributed by atoms with Crippen molar-refractivity contribution in [3.63, 3.8) is 0 Å². The Kier molecular flexibility index (Phi) is 7.92. The molecule has 0 aromatic heterocycles. The fourth-order valence-electron chi connectivity index (χ4n) is 7.44. The van der Waals surface area contributed by atoms with E-state index in [2.05, 4.69) is 34.6 Å². The molecule has 1 N–H and O–H groups in total. The Morgan fingerprint density at radius 1 is 0.927 bits per heavy atom. The van der Waals surface area contributed by atoms with Gasteiger partial charge in [-0.25, -0.2) is 4.79 Å². The third-order valence-corrected chi connectivity index (χ3v) is 11.0. The van der Waals surface area contributed by atoms with Gasteiger partial charge in [-0.3, -0.25) is 4.79 Å². The molecular weight excluding hydrogens is 514 g/mol. The molecule has 2 bridgehead atoms. The van der Waals surface area contributed by atoms with E-state index in [1.165, 1.54) is 0 Å². The molecule has 2 fully saturated rings. The van der Waals surface area contributed by atoms with Gasteiger partial charge in [0.2, 0.25) is 0 Å². The lowest BCUT2D eigenvalue weighted by atomic mass is 9.55. The second kappa shape index (κ2) is 10.4. The maximum absolute atomic E-state index is 14.7. The standard InChI is InChI=1S/C35H49NO5/c1-25(2)22-36(29(38)40-23-26-16-12-10-13-17-26)34-21-20-33(9,30(34,3)4)35(24-34,27-18-14-11-15-19-27)28(37)41-32(7,8)31(5,6)39/h10-19,25,39H,20-24H2,1-9H3/t33-,34-,35+/m1/s1. The van der Waals surface area contributed by atoms with E-state index in [-0.39, 0.29) is 24.6 Å². The Hall–Kier alpha value is -2.86. The van der Waals surface area contributed by atoms with Gasteiger partial charge in [-0.1, -0.05) is 95.3 Å². The van der Waals surface area contributed by atoms with Crippen LogP contribution in [0.3, 0.4) is 0 Å². The number of hydrogen-bond acceptors (Lipinski definition) is 5. The number of benzene rings is 2. The number of rotatable bonds is 9. The summed E-state index contributed by atoms with van der Waals surface area (Å²) in [6.07, 6.45) is 1.57. The van der Waals surface area contributed by atoms with Crippen molar-refractivity contribution in [3.05, 3.63) is 71.8 Å². The van der Waals surface area contributed by atoms with Crippen molar-refractivity contribution in [3.8, 4) is 0 Å². The molecule has 0 aliphatic heterocycles. The first-order valence-electron chi connectivity index (χ1n) is 14.9. The lowest BCUT2D eigenvalue weighted by Crippen LogP contribution is -2.58. The van der Waals surface area contributed by atoms with Crippen LogP contribution in [0.4, 0.5) is 4.79 Å². The van der Waals surface area contributed by atoms with Crippen LogP contribution < -0.4 is 0 Å². The average Bonchev–Trinajstić information content (AvgIpc) is 3.20. The first kappa shape index (κ1) is 31.1. The molecule has 2 aromatic rings. The molecule has 1 amide bonds. The quantitative estimate of drug-likeness (QED) is 0.325. The minimum Gasteiger partial charge on any atom is -0.456 e. The summed E-state index contributed by atoms with van der Waals surface area (Å²) in [7, 11) is 0. The molecule has 2 aliphatic carbocycles. The van der Waals surface area contributed by atoms with E-state index in [1.54, 1.807) is 27.7 Å². The summed E-state index contributed by atoms with van der Waals surface area (Å²) in [5, 5.41) is 10.9. The molecule has 2 aromatic carbocycles. The first-order chi connectivity index (χ1) is 19.0. The normalized spacial score (nSPS) is 27.1. The van der Waals surface area contributed by atoms with E-state index in [1.807, 2.05) is 65.6 Å². The van der Waals surface area contributed by atoms with Crippen LogP contribution in [0.2, 0.25) is 0 Å². The minimum atomic E-state index is -1.25. The van der Waals surface area contributed by atoms with E-state index in [9.17, 15) is 14.7 Å². The van der Waals surface area contributed by atoms with Gasteiger partial charge in [0.1, 0.15) is 17.6 Å². The molecular formula is C35H49NO5. The number of esters is 1. The number of ether oxygens (including phenoxy) is 2. The van der Waals surface area contributed by atoms with E-state index < -0.39 is 33.0 Å². The topological polar surface area (TPSA) is 76.1 Å². The molecule has 2 aliphatic rings. The first-order valence-corrected chi connectivity index (χ1v) is 14.9. The largest absolute Gasteiger partial charge is 0.456 e. The highest BCUT2D eigenvalue weighted by atomic mass is 16.6. The van der Waals surface area contributed by atoms with Gasteiger partial charge < -0.3 is 19.5 Å². The van der Waals surface area contributed by atoms with Gasteiger partial charge in [-0.2, -0.15) is 0 Å². The van der Waals surface area contributed by atoms with E-state index in [0.717, 1.165) is 24.0 Å². The van der Waals surface area contributed by atoms with Crippen LogP contribution >= 0.6 is 0 Å². The summed E-state index contributed by atoms with van der Waals surface area (Å²) in [6, 6.07) is 19.6. The van der Waals surface area contributed by atoms with Crippen LogP contribution in [-0.2, 0) is 26.3 Å². The number of aliphatic hydroxyl groups is 1. The van der Waals surface area contributed by atoms with Crippen LogP contribution in [0.5, 0.6) is 0 Å². The number of nitrogens with zero attached hydrogens (tertiary/aromatic N) is 1. The monoisotopic (exact) mass is 563 g/mol. The van der Waals surface area contributed by atoms with Gasteiger partial charge in [0.15, 0.2) is 0 Å². The Labute approximate surface area is 246 Å². The molecule has 0 spiro atoms. The third kappa shape index (κ3) is 4.76. The molecule has 2 saturated carbocycles. The van der Waals surface area contributed by atoms with Crippen LogP contribution in [-0.4, -0.2) is 45.4 Å². The highest BCUT2D eigenvalue weighted by Gasteiger charge is 2.80. The zero-order valence-electron chi connectivity index (χ0n) is 26.4. The average molecular weight is 564 g/mol. The summed E-state index contributed by atoms with van der Waals surface area (Å²) in [4.78, 5) is 30.7. The summed E-state index contributed by atoms with van der Waals surface area (Å²) in [5.74, 6) is -0.153. The zero-order valence-corrected chi connectivity index (χ0v) is 26.4. The summed E-state index contributed by atoms with van der Waals surface area (Å²) >= 11 is 0. The summed E-state index contributed by atoms with van der Waals surface area (Å²) in [5.41, 5.74) is -3.25. The molecule has 41 heavy (non-hydrogen) atoms. The van der Waals surface area contributed by atoms with Crippen molar-refractivity contribution in [1.82, 2.24) is 4.90 Å². The predicted molar refractivity (Wildman–Crippen MR) is 161 cm³/mol. The smallest absolute Gasteiger partial charge is 0.410 e. The van der Waals surface area contributed by atoms with E-state index in [0.29, 0.717) is 13.0 Å². The highest BCUT2D eigenvalue weighted by molar-refractivity contribution is 5.87. The van der Waals surface area contributed by atoms with Crippen molar-refractivity contribution in [2.24, 2.45) is 16.7 Å². The third-order valence-electron chi connectivity index (χ3n) is 11.0. The van der Waals surface area contributed by atoms with Crippen molar-refractivity contribution < 1.29 is 24.2 Å². The minimum absolute atomic E-state index is 0.188.